The van der Waals surface area contributed by atoms with E-state index in [-0.39, 0.29) is 11.3 Å². The Morgan fingerprint density at radius 2 is 1.80 bits per heavy atom. The number of nitriles is 3. The van der Waals surface area contributed by atoms with Crippen molar-refractivity contribution in [3.63, 3.8) is 0 Å². The molecule has 126 valence electrons. The number of allylic oxidation sites excluding steroid dienone is 2. The van der Waals surface area contributed by atoms with E-state index < -0.39 is 5.60 Å². The van der Waals surface area contributed by atoms with Crippen molar-refractivity contribution in [1.29, 1.82) is 15.8 Å². The molecule has 1 aliphatic heterocycles. The largest absolute Gasteiger partial charge is 0.480 e. The van der Waals surface area contributed by atoms with Crippen molar-refractivity contribution in [2.75, 3.05) is 19.0 Å². The molecule has 0 amide bonds. The van der Waals surface area contributed by atoms with Gasteiger partial charge in [-0.1, -0.05) is 6.07 Å². The lowest BCUT2D eigenvalue weighted by Crippen LogP contribution is -2.23. The van der Waals surface area contributed by atoms with Gasteiger partial charge in [-0.05, 0) is 56.0 Å². The molecule has 0 N–H and O–H groups in total. The normalized spacial score (nSPS) is 15.0. The second-order valence-corrected chi connectivity index (χ2v) is 6.69. The van der Waals surface area contributed by atoms with Crippen molar-refractivity contribution >= 4 is 5.69 Å². The van der Waals surface area contributed by atoms with E-state index in [0.29, 0.717) is 12.0 Å². The average molecular weight is 332 g/mol. The van der Waals surface area contributed by atoms with Crippen molar-refractivity contribution in [1.82, 2.24) is 0 Å². The lowest BCUT2D eigenvalue weighted by Gasteiger charge is -2.23. The number of benzene rings is 1. The molecule has 0 fully saturated rings. The molecular weight excluding hydrogens is 312 g/mol. The summed E-state index contributed by atoms with van der Waals surface area (Å²) in [5.41, 5.74) is 3.47. The maximum Gasteiger partial charge on any atom is 0.172 e. The summed E-state index contributed by atoms with van der Waals surface area (Å²) in [6, 6.07) is 11.9. The highest BCUT2D eigenvalue weighted by molar-refractivity contribution is 5.59. The molecule has 0 bridgehead atoms. The van der Waals surface area contributed by atoms with Gasteiger partial charge < -0.3 is 9.64 Å². The van der Waals surface area contributed by atoms with Gasteiger partial charge in [-0.25, -0.2) is 0 Å². The summed E-state index contributed by atoms with van der Waals surface area (Å²) in [7, 11) is 3.97. The zero-order valence-corrected chi connectivity index (χ0v) is 15.1. The molecule has 2 rings (SSSR count). The van der Waals surface area contributed by atoms with Crippen LogP contribution in [0.3, 0.4) is 0 Å². The van der Waals surface area contributed by atoms with Crippen LogP contribution in [-0.4, -0.2) is 19.7 Å². The molecule has 0 radical (unpaired) electrons. The Labute approximate surface area is 148 Å². The molecule has 0 saturated carbocycles. The van der Waals surface area contributed by atoms with E-state index in [4.69, 9.17) is 15.3 Å². The quantitative estimate of drug-likeness (QED) is 0.791. The molecule has 25 heavy (non-hydrogen) atoms. The van der Waals surface area contributed by atoms with E-state index >= 15 is 0 Å². The van der Waals surface area contributed by atoms with Gasteiger partial charge >= 0.3 is 0 Å². The van der Waals surface area contributed by atoms with Crippen LogP contribution in [0.4, 0.5) is 5.69 Å². The lowest BCUT2D eigenvalue weighted by molar-refractivity contribution is 0.0910. The average Bonchev–Trinajstić information content (AvgIpc) is 2.80. The molecule has 5 heteroatoms. The van der Waals surface area contributed by atoms with Gasteiger partial charge in [0, 0.05) is 19.8 Å². The third-order valence-electron chi connectivity index (χ3n) is 4.39. The van der Waals surface area contributed by atoms with E-state index in [0.717, 1.165) is 22.4 Å². The van der Waals surface area contributed by atoms with Crippen LogP contribution >= 0.6 is 0 Å². The van der Waals surface area contributed by atoms with Gasteiger partial charge in [0.05, 0.1) is 5.57 Å². The van der Waals surface area contributed by atoms with E-state index in [2.05, 4.69) is 12.1 Å². The molecule has 1 heterocycles. The second-order valence-electron chi connectivity index (χ2n) is 6.69. The third-order valence-corrected chi connectivity index (χ3v) is 4.39. The Morgan fingerprint density at radius 3 is 2.28 bits per heavy atom. The fourth-order valence-corrected chi connectivity index (χ4v) is 2.87. The van der Waals surface area contributed by atoms with Crippen molar-refractivity contribution < 1.29 is 4.74 Å². The number of anilines is 1. The van der Waals surface area contributed by atoms with Gasteiger partial charge in [-0.15, -0.1) is 0 Å². The number of ether oxygens (including phenoxy) is 1. The van der Waals surface area contributed by atoms with Crippen LogP contribution in [0.1, 0.15) is 25.0 Å². The number of nitrogens with zero attached hydrogens (tertiary/aromatic N) is 4. The Morgan fingerprint density at radius 1 is 1.16 bits per heavy atom. The van der Waals surface area contributed by atoms with Crippen LogP contribution in [0, 0.1) is 40.9 Å². The SMILES string of the molecule is Cc1cc(N(C)C)ccc1CC1=C(C#N)C(=C(C#N)C#N)OC1(C)C. The van der Waals surface area contributed by atoms with E-state index in [1.54, 1.807) is 0 Å². The van der Waals surface area contributed by atoms with Crippen molar-refractivity contribution in [3.05, 3.63) is 51.8 Å². The lowest BCUT2D eigenvalue weighted by atomic mass is 9.88. The van der Waals surface area contributed by atoms with E-state index in [1.807, 2.05) is 64.0 Å². The first-order valence-electron chi connectivity index (χ1n) is 7.89. The maximum absolute atomic E-state index is 9.60. The Kier molecular flexibility index (Phi) is 4.87. The summed E-state index contributed by atoms with van der Waals surface area (Å²) in [5, 5.41) is 27.8. The van der Waals surface area contributed by atoms with E-state index in [9.17, 15) is 5.26 Å². The number of hydrogen-bond donors (Lipinski definition) is 0. The predicted molar refractivity (Wildman–Crippen MR) is 95.3 cm³/mol. The predicted octanol–water partition coefficient (Wildman–Crippen LogP) is 3.53. The summed E-state index contributed by atoms with van der Waals surface area (Å²) < 4.78 is 5.81. The van der Waals surface area contributed by atoms with Crippen LogP contribution < -0.4 is 4.90 Å². The number of rotatable bonds is 3. The highest BCUT2D eigenvalue weighted by atomic mass is 16.5. The van der Waals surface area contributed by atoms with Crippen LogP contribution in [0.5, 0.6) is 0 Å². The zero-order valence-electron chi connectivity index (χ0n) is 15.1. The minimum absolute atomic E-state index is 0.0927. The second kappa shape index (κ2) is 6.71. The summed E-state index contributed by atoms with van der Waals surface area (Å²) in [4.78, 5) is 2.03. The molecular formula is C20H20N4O. The molecule has 0 unspecified atom stereocenters. The van der Waals surface area contributed by atoms with E-state index in [1.165, 1.54) is 0 Å². The molecule has 0 spiro atoms. The smallest absolute Gasteiger partial charge is 0.172 e. The number of aryl methyl sites for hydroxylation is 1. The van der Waals surface area contributed by atoms with Crippen LogP contribution in [0.2, 0.25) is 0 Å². The van der Waals surface area contributed by atoms with Crippen molar-refractivity contribution in [2.45, 2.75) is 32.8 Å². The van der Waals surface area contributed by atoms with Gasteiger partial charge in [-0.2, -0.15) is 15.8 Å². The zero-order chi connectivity index (χ0) is 18.8. The van der Waals surface area contributed by atoms with Crippen LogP contribution in [-0.2, 0) is 11.2 Å². The summed E-state index contributed by atoms with van der Waals surface area (Å²) >= 11 is 0. The fourth-order valence-electron chi connectivity index (χ4n) is 2.87. The van der Waals surface area contributed by atoms with Crippen molar-refractivity contribution in [2.24, 2.45) is 0 Å². The molecule has 1 aliphatic rings. The Bertz CT molecular complexity index is 883. The fraction of sp³-hybridized carbons (Fsp3) is 0.350. The molecule has 1 aromatic rings. The van der Waals surface area contributed by atoms with Gasteiger partial charge in [0.2, 0.25) is 0 Å². The van der Waals surface area contributed by atoms with Gasteiger partial charge in [0.15, 0.2) is 11.3 Å². The standard InChI is InChI=1S/C20H20N4O/c1-13-8-16(24(4)5)7-6-14(13)9-18-17(12-23)19(15(10-21)11-22)25-20(18,2)3/h6-8H,9H2,1-5H3. The van der Waals surface area contributed by atoms with Gasteiger partial charge in [-0.3, -0.25) is 0 Å². The third kappa shape index (κ3) is 3.35. The molecule has 0 aliphatic carbocycles. The minimum Gasteiger partial charge on any atom is -0.480 e. The minimum atomic E-state index is -0.744. The van der Waals surface area contributed by atoms with Crippen LogP contribution in [0.25, 0.3) is 0 Å². The Balaban J connectivity index is 2.55. The first-order chi connectivity index (χ1) is 11.7. The molecule has 0 aromatic heterocycles. The van der Waals surface area contributed by atoms with Gasteiger partial charge in [0.1, 0.15) is 23.8 Å². The summed E-state index contributed by atoms with van der Waals surface area (Å²) in [6.45, 7) is 5.73. The first-order valence-corrected chi connectivity index (χ1v) is 7.89. The molecule has 5 nitrogen and oxygen atoms in total. The summed E-state index contributed by atoms with van der Waals surface area (Å²) in [5.74, 6) is 0.0927. The number of hydrogen-bond acceptors (Lipinski definition) is 5. The highest BCUT2D eigenvalue weighted by Crippen LogP contribution is 2.41. The van der Waals surface area contributed by atoms with Gasteiger partial charge in [0.25, 0.3) is 0 Å². The first kappa shape index (κ1) is 18.1. The molecule has 1 aromatic carbocycles. The molecule has 0 atom stereocenters. The van der Waals surface area contributed by atoms with Crippen molar-refractivity contribution in [3.8, 4) is 18.2 Å². The molecule has 0 saturated heterocycles. The van der Waals surface area contributed by atoms with Crippen LogP contribution in [0.15, 0.2) is 40.7 Å². The monoisotopic (exact) mass is 332 g/mol. The maximum atomic E-state index is 9.60. The summed E-state index contributed by atoms with van der Waals surface area (Å²) in [6.07, 6.45) is 0.531. The Hall–Kier alpha value is -3.23. The highest BCUT2D eigenvalue weighted by Gasteiger charge is 2.39. The topological polar surface area (TPSA) is 83.8 Å².